The highest BCUT2D eigenvalue weighted by Crippen LogP contribution is 2.30. The minimum absolute atomic E-state index is 0.0788. The fourth-order valence-electron chi connectivity index (χ4n) is 3.12. The highest BCUT2D eigenvalue weighted by Gasteiger charge is 2.24. The number of carbonyl (C=O) groups excluding carboxylic acids is 1. The number of halogens is 5. The number of nitrogens with two attached hydrogens (primary N) is 1. The van der Waals surface area contributed by atoms with E-state index in [2.05, 4.69) is 48.1 Å². The van der Waals surface area contributed by atoms with E-state index in [9.17, 15) is 22.4 Å². The van der Waals surface area contributed by atoms with Crippen molar-refractivity contribution < 1.29 is 22.4 Å². The average molecular weight is 556 g/mol. The summed E-state index contributed by atoms with van der Waals surface area (Å²) in [5, 5.41) is 9.01. The maximum atomic E-state index is 14.2. The minimum atomic E-state index is -1.94. The van der Waals surface area contributed by atoms with Crippen LogP contribution in [0.5, 0.6) is 0 Å². The van der Waals surface area contributed by atoms with Crippen LogP contribution in [-0.4, -0.2) is 27.3 Å². The van der Waals surface area contributed by atoms with Gasteiger partial charge in [-0.05, 0) is 17.7 Å². The molecular formula is C20H13F4IN6O. The van der Waals surface area contributed by atoms with E-state index in [-0.39, 0.29) is 22.8 Å². The highest BCUT2D eigenvalue weighted by atomic mass is 127. The highest BCUT2D eigenvalue weighted by molar-refractivity contribution is 14.1. The number of hydrogen-bond acceptors (Lipinski definition) is 4. The molecule has 4 aromatic rings. The van der Waals surface area contributed by atoms with Crippen molar-refractivity contribution in [1.82, 2.24) is 15.2 Å². The maximum absolute atomic E-state index is 14.2. The standard InChI is InChI=1S/C20H13F4IN6O/c21-13-11-9(6-27-17(11)16(24)15(23)14(13)22)7-28-19-12(18(26)32)20(31-30-19)29-10-3-1-2-8(4-10)5-25/h1-4,6-7,27H,5H2,(H2,26,32)(H2,29,30,31). The molecule has 2 aromatic carbocycles. The number of fused-ring (bicyclic) bond motifs is 1. The molecule has 7 nitrogen and oxygen atoms in total. The molecule has 0 saturated carbocycles. The summed E-state index contributed by atoms with van der Waals surface area (Å²) in [4.78, 5) is 18.4. The largest absolute Gasteiger partial charge is 0.365 e. The number of amides is 1. The van der Waals surface area contributed by atoms with Gasteiger partial charge < -0.3 is 16.0 Å². The normalized spacial score (nSPS) is 11.5. The number of nitrogens with one attached hydrogen (secondary N) is 3. The lowest BCUT2D eigenvalue weighted by molar-refractivity contribution is 0.100. The molecule has 0 aliphatic rings. The lowest BCUT2D eigenvalue weighted by Crippen LogP contribution is -2.12. The van der Waals surface area contributed by atoms with E-state index >= 15 is 0 Å². The zero-order valence-corrected chi connectivity index (χ0v) is 18.1. The van der Waals surface area contributed by atoms with Gasteiger partial charge in [-0.25, -0.2) is 22.6 Å². The van der Waals surface area contributed by atoms with Crippen LogP contribution in [0.15, 0.2) is 35.5 Å². The molecular weight excluding hydrogens is 543 g/mol. The second kappa shape index (κ2) is 8.61. The summed E-state index contributed by atoms with van der Waals surface area (Å²) in [6.45, 7) is 0. The number of alkyl halides is 1. The van der Waals surface area contributed by atoms with Gasteiger partial charge in [0, 0.05) is 28.1 Å². The summed E-state index contributed by atoms with van der Waals surface area (Å²) in [6, 6.07) is 7.43. The van der Waals surface area contributed by atoms with Crippen LogP contribution in [-0.2, 0) is 4.43 Å². The van der Waals surface area contributed by atoms with Gasteiger partial charge in [-0.15, -0.1) is 0 Å². The summed E-state index contributed by atoms with van der Waals surface area (Å²) >= 11 is 2.21. The number of nitrogens with zero attached hydrogens (tertiary/aromatic N) is 2. The molecule has 5 N–H and O–H groups in total. The van der Waals surface area contributed by atoms with Crippen LogP contribution in [0.2, 0.25) is 0 Å². The Morgan fingerprint density at radius 2 is 1.94 bits per heavy atom. The van der Waals surface area contributed by atoms with Gasteiger partial charge in [0.05, 0.1) is 10.9 Å². The average Bonchev–Trinajstić information content (AvgIpc) is 3.39. The van der Waals surface area contributed by atoms with E-state index < -0.39 is 40.1 Å². The Kier molecular flexibility index (Phi) is 5.86. The minimum Gasteiger partial charge on any atom is -0.365 e. The van der Waals surface area contributed by atoms with E-state index in [0.29, 0.717) is 5.69 Å². The van der Waals surface area contributed by atoms with Gasteiger partial charge in [-0.1, -0.05) is 34.7 Å². The molecule has 0 bridgehead atoms. The molecule has 12 heteroatoms. The van der Waals surface area contributed by atoms with Crippen LogP contribution in [0.1, 0.15) is 21.5 Å². The molecule has 164 valence electrons. The Morgan fingerprint density at radius 1 is 1.19 bits per heavy atom. The molecule has 2 heterocycles. The first-order chi connectivity index (χ1) is 15.3. The number of anilines is 2. The smallest absolute Gasteiger partial charge is 0.256 e. The Balaban J connectivity index is 1.72. The maximum Gasteiger partial charge on any atom is 0.256 e. The third-order valence-corrected chi connectivity index (χ3v) is 5.48. The first-order valence-corrected chi connectivity index (χ1v) is 10.5. The number of aromatic nitrogens is 3. The molecule has 0 saturated heterocycles. The van der Waals surface area contributed by atoms with Crippen molar-refractivity contribution in [2.45, 2.75) is 4.43 Å². The molecule has 0 atom stereocenters. The number of primary amides is 1. The first kappa shape index (κ1) is 21.8. The van der Waals surface area contributed by atoms with Crippen molar-refractivity contribution in [2.24, 2.45) is 10.7 Å². The van der Waals surface area contributed by atoms with E-state index in [1.807, 2.05) is 18.2 Å². The SMILES string of the molecule is NC(=O)c1c(N=Cc2c[nH]c3c(F)c(F)c(F)c(F)c23)n[nH]c1Nc1cccc(CI)c1. The molecule has 1 amide bonds. The van der Waals surface area contributed by atoms with E-state index in [0.717, 1.165) is 22.4 Å². The molecule has 0 spiro atoms. The second-order valence-electron chi connectivity index (χ2n) is 6.63. The number of aliphatic imine (C=N–C) groups is 1. The van der Waals surface area contributed by atoms with Crippen LogP contribution in [0.25, 0.3) is 10.9 Å². The Morgan fingerprint density at radius 3 is 2.66 bits per heavy atom. The molecule has 0 fully saturated rings. The molecule has 0 aliphatic carbocycles. The van der Waals surface area contributed by atoms with Gasteiger partial charge in [-0.2, -0.15) is 5.10 Å². The van der Waals surface area contributed by atoms with Crippen LogP contribution in [0.3, 0.4) is 0 Å². The van der Waals surface area contributed by atoms with Crippen LogP contribution in [0.4, 0.5) is 34.9 Å². The number of aromatic amines is 2. The lowest BCUT2D eigenvalue weighted by atomic mass is 10.1. The van der Waals surface area contributed by atoms with Crippen LogP contribution < -0.4 is 11.1 Å². The third kappa shape index (κ3) is 3.81. The summed E-state index contributed by atoms with van der Waals surface area (Å²) < 4.78 is 56.0. The zero-order chi connectivity index (χ0) is 23.0. The predicted octanol–water partition coefficient (Wildman–Crippen LogP) is 4.98. The van der Waals surface area contributed by atoms with E-state index in [1.54, 1.807) is 6.07 Å². The van der Waals surface area contributed by atoms with Gasteiger partial charge in [0.2, 0.25) is 0 Å². The first-order valence-electron chi connectivity index (χ1n) is 8.99. The summed E-state index contributed by atoms with van der Waals surface area (Å²) in [7, 11) is 0. The number of hydrogen-bond donors (Lipinski definition) is 4. The van der Waals surface area contributed by atoms with Gasteiger partial charge in [-0.3, -0.25) is 9.89 Å². The Labute approximate surface area is 191 Å². The third-order valence-electron chi connectivity index (χ3n) is 4.60. The van der Waals surface area contributed by atoms with E-state index in [4.69, 9.17) is 5.73 Å². The quantitative estimate of drug-likeness (QED) is 0.0672. The molecule has 0 unspecified atom stereocenters. The topological polar surface area (TPSA) is 112 Å². The molecule has 32 heavy (non-hydrogen) atoms. The van der Waals surface area contributed by atoms with Crippen molar-refractivity contribution in [2.75, 3.05) is 5.32 Å². The monoisotopic (exact) mass is 556 g/mol. The number of rotatable bonds is 6. The second-order valence-corrected chi connectivity index (χ2v) is 7.39. The van der Waals surface area contributed by atoms with Crippen molar-refractivity contribution >= 4 is 62.9 Å². The van der Waals surface area contributed by atoms with Crippen molar-refractivity contribution in [3.8, 4) is 0 Å². The lowest BCUT2D eigenvalue weighted by Gasteiger charge is -2.06. The fourth-order valence-corrected chi connectivity index (χ4v) is 3.59. The van der Waals surface area contributed by atoms with Gasteiger partial charge in [0.25, 0.3) is 5.91 Å². The number of H-pyrrole nitrogens is 2. The Bertz CT molecular complexity index is 1380. The van der Waals surface area contributed by atoms with Gasteiger partial charge in [0.15, 0.2) is 29.1 Å². The summed E-state index contributed by atoms with van der Waals surface area (Å²) in [5.41, 5.74) is 6.47. The Hall–Kier alpha value is -3.42. The molecule has 4 rings (SSSR count). The molecule has 2 aromatic heterocycles. The van der Waals surface area contributed by atoms with Crippen molar-refractivity contribution in [3.63, 3.8) is 0 Å². The summed E-state index contributed by atoms with van der Waals surface area (Å²) in [6.07, 6.45) is 2.15. The predicted molar refractivity (Wildman–Crippen MR) is 120 cm³/mol. The zero-order valence-electron chi connectivity index (χ0n) is 15.9. The number of benzene rings is 2. The van der Waals surface area contributed by atoms with Gasteiger partial charge in [0.1, 0.15) is 11.4 Å². The molecule has 0 radical (unpaired) electrons. The fraction of sp³-hybridized carbons (Fsp3) is 0.0500. The van der Waals surface area contributed by atoms with Crippen molar-refractivity contribution in [1.29, 1.82) is 0 Å². The number of carbonyl (C=O) groups is 1. The van der Waals surface area contributed by atoms with E-state index in [1.165, 1.54) is 0 Å². The van der Waals surface area contributed by atoms with Crippen LogP contribution >= 0.6 is 22.6 Å². The van der Waals surface area contributed by atoms with Crippen LogP contribution in [0, 0.1) is 23.3 Å². The van der Waals surface area contributed by atoms with Crippen molar-refractivity contribution in [3.05, 3.63) is 70.4 Å². The molecule has 0 aliphatic heterocycles. The summed E-state index contributed by atoms with van der Waals surface area (Å²) in [5.74, 6) is -7.80. The van der Waals surface area contributed by atoms with Gasteiger partial charge >= 0.3 is 0 Å².